The van der Waals surface area contributed by atoms with E-state index < -0.39 is 0 Å². The fourth-order valence-corrected chi connectivity index (χ4v) is 3.58. The zero-order valence-electron chi connectivity index (χ0n) is 16.9. The number of hydrogen-bond acceptors (Lipinski definition) is 4. The molecule has 3 aromatic rings. The maximum absolute atomic E-state index is 12.9. The van der Waals surface area contributed by atoms with Crippen LogP contribution in [-0.4, -0.2) is 25.0 Å². The summed E-state index contributed by atoms with van der Waals surface area (Å²) in [7, 11) is 0. The van der Waals surface area contributed by atoms with Crippen molar-refractivity contribution in [1.29, 1.82) is 0 Å². The number of hydrogen-bond donors (Lipinski definition) is 1. The van der Waals surface area contributed by atoms with E-state index in [1.165, 1.54) is 0 Å². The SMILES string of the molecule is CCCCN1C(=O)COc2ccc(NC(=O)c3oc4ccc(C)cc4c3C)cc21. The molecule has 0 bridgehead atoms. The summed E-state index contributed by atoms with van der Waals surface area (Å²) >= 11 is 0. The molecule has 0 spiro atoms. The minimum absolute atomic E-state index is 0.0417. The number of nitrogens with zero attached hydrogens (tertiary/aromatic N) is 1. The third-order valence-electron chi connectivity index (χ3n) is 5.19. The summed E-state index contributed by atoms with van der Waals surface area (Å²) in [5, 5.41) is 3.83. The number of ether oxygens (including phenoxy) is 1. The molecule has 0 atom stereocenters. The van der Waals surface area contributed by atoms with Crippen LogP contribution in [0.3, 0.4) is 0 Å². The second-order valence-corrected chi connectivity index (χ2v) is 7.38. The van der Waals surface area contributed by atoms with Crippen molar-refractivity contribution in [3.63, 3.8) is 0 Å². The van der Waals surface area contributed by atoms with Crippen molar-refractivity contribution in [3.8, 4) is 5.75 Å². The van der Waals surface area contributed by atoms with Gasteiger partial charge in [0.15, 0.2) is 12.4 Å². The van der Waals surface area contributed by atoms with Crippen molar-refractivity contribution in [1.82, 2.24) is 0 Å². The molecule has 2 amide bonds. The van der Waals surface area contributed by atoms with E-state index in [4.69, 9.17) is 9.15 Å². The first-order chi connectivity index (χ1) is 14.0. The first-order valence-corrected chi connectivity index (χ1v) is 9.86. The lowest BCUT2D eigenvalue weighted by molar-refractivity contribution is -0.121. The number of carbonyl (C=O) groups excluding carboxylic acids is 2. The molecule has 4 rings (SSSR count). The van der Waals surface area contributed by atoms with Gasteiger partial charge < -0.3 is 19.4 Å². The van der Waals surface area contributed by atoms with Gasteiger partial charge in [-0.3, -0.25) is 9.59 Å². The van der Waals surface area contributed by atoms with Crippen LogP contribution >= 0.6 is 0 Å². The molecule has 2 aromatic carbocycles. The number of furan rings is 1. The summed E-state index contributed by atoms with van der Waals surface area (Å²) in [4.78, 5) is 26.9. The summed E-state index contributed by atoms with van der Waals surface area (Å²) in [5.74, 6) is 0.546. The molecule has 0 radical (unpaired) electrons. The molecular weight excluding hydrogens is 368 g/mol. The number of fused-ring (bicyclic) bond motifs is 2. The summed E-state index contributed by atoms with van der Waals surface area (Å²) in [6.07, 6.45) is 1.89. The fraction of sp³-hybridized carbons (Fsp3) is 0.304. The number of rotatable bonds is 5. The van der Waals surface area contributed by atoms with E-state index in [9.17, 15) is 9.59 Å². The minimum Gasteiger partial charge on any atom is -0.482 e. The molecule has 6 heteroatoms. The Morgan fingerprint density at radius 1 is 1.17 bits per heavy atom. The smallest absolute Gasteiger partial charge is 0.291 e. The predicted octanol–water partition coefficient (Wildman–Crippen LogP) is 4.83. The summed E-state index contributed by atoms with van der Waals surface area (Å²) in [6.45, 7) is 6.64. The van der Waals surface area contributed by atoms with E-state index in [-0.39, 0.29) is 18.4 Å². The molecule has 0 saturated carbocycles. The highest BCUT2D eigenvalue weighted by Gasteiger charge is 2.26. The van der Waals surface area contributed by atoms with Gasteiger partial charge in [0.25, 0.3) is 11.8 Å². The van der Waals surface area contributed by atoms with E-state index in [0.717, 1.165) is 29.4 Å². The van der Waals surface area contributed by atoms with Crippen LogP contribution < -0.4 is 15.0 Å². The largest absolute Gasteiger partial charge is 0.482 e. The molecule has 1 aromatic heterocycles. The Bertz CT molecular complexity index is 1100. The van der Waals surface area contributed by atoms with Crippen LogP contribution in [0.5, 0.6) is 5.75 Å². The average molecular weight is 392 g/mol. The Morgan fingerprint density at radius 3 is 2.79 bits per heavy atom. The predicted molar refractivity (Wildman–Crippen MR) is 113 cm³/mol. The van der Waals surface area contributed by atoms with Crippen LogP contribution in [0, 0.1) is 13.8 Å². The van der Waals surface area contributed by atoms with Crippen LogP contribution in [0.1, 0.15) is 41.4 Å². The highest BCUT2D eigenvalue weighted by atomic mass is 16.5. The van der Waals surface area contributed by atoms with Crippen LogP contribution in [0.15, 0.2) is 40.8 Å². The molecular formula is C23H24N2O4. The van der Waals surface area contributed by atoms with Crippen LogP contribution in [0.2, 0.25) is 0 Å². The maximum atomic E-state index is 12.9. The quantitative estimate of drug-likeness (QED) is 0.675. The van der Waals surface area contributed by atoms with Gasteiger partial charge in [0, 0.05) is 23.2 Å². The van der Waals surface area contributed by atoms with Gasteiger partial charge in [-0.1, -0.05) is 25.0 Å². The van der Waals surface area contributed by atoms with Gasteiger partial charge in [-0.2, -0.15) is 0 Å². The number of unbranched alkanes of at least 4 members (excludes halogenated alkanes) is 1. The topological polar surface area (TPSA) is 71.8 Å². The number of benzene rings is 2. The third-order valence-corrected chi connectivity index (χ3v) is 5.19. The highest BCUT2D eigenvalue weighted by molar-refractivity contribution is 6.07. The van der Waals surface area contributed by atoms with E-state index in [0.29, 0.717) is 35.0 Å². The Labute approximate surface area is 169 Å². The van der Waals surface area contributed by atoms with Gasteiger partial charge in [-0.05, 0) is 50.6 Å². The zero-order valence-corrected chi connectivity index (χ0v) is 16.9. The Kier molecular flexibility index (Phi) is 5.01. The van der Waals surface area contributed by atoms with Crippen molar-refractivity contribution in [2.24, 2.45) is 0 Å². The summed E-state index contributed by atoms with van der Waals surface area (Å²) in [5.41, 5.74) is 3.88. The van der Waals surface area contributed by atoms with E-state index in [1.54, 1.807) is 23.1 Å². The standard InChI is InChI=1S/C23H24N2O4/c1-4-5-10-25-18-12-16(7-9-20(18)28-13-21(25)26)24-23(27)22-15(3)17-11-14(2)6-8-19(17)29-22/h6-9,11-12H,4-5,10,13H2,1-3H3,(H,24,27). The number of nitrogens with one attached hydrogen (secondary N) is 1. The van der Waals surface area contributed by atoms with Gasteiger partial charge in [-0.25, -0.2) is 0 Å². The number of anilines is 2. The Morgan fingerprint density at radius 2 is 2.00 bits per heavy atom. The molecule has 1 aliphatic heterocycles. The van der Waals surface area contributed by atoms with E-state index in [2.05, 4.69) is 12.2 Å². The first-order valence-electron chi connectivity index (χ1n) is 9.86. The molecule has 29 heavy (non-hydrogen) atoms. The monoisotopic (exact) mass is 392 g/mol. The van der Waals surface area contributed by atoms with Crippen LogP contribution in [0.25, 0.3) is 11.0 Å². The molecule has 0 aliphatic carbocycles. The maximum Gasteiger partial charge on any atom is 0.291 e. The lowest BCUT2D eigenvalue weighted by Crippen LogP contribution is -2.39. The molecule has 0 unspecified atom stereocenters. The lowest BCUT2D eigenvalue weighted by Gasteiger charge is -2.29. The van der Waals surface area contributed by atoms with Crippen molar-refractivity contribution in [2.75, 3.05) is 23.4 Å². The fourth-order valence-electron chi connectivity index (χ4n) is 3.58. The number of aryl methyl sites for hydroxylation is 2. The molecule has 1 N–H and O–H groups in total. The Balaban J connectivity index is 1.62. The summed E-state index contributed by atoms with van der Waals surface area (Å²) < 4.78 is 11.3. The van der Waals surface area contributed by atoms with Crippen LogP contribution in [0.4, 0.5) is 11.4 Å². The van der Waals surface area contributed by atoms with Gasteiger partial charge in [0.2, 0.25) is 0 Å². The second-order valence-electron chi connectivity index (χ2n) is 7.38. The van der Waals surface area contributed by atoms with Crippen molar-refractivity contribution in [2.45, 2.75) is 33.6 Å². The number of amides is 2. The highest BCUT2D eigenvalue weighted by Crippen LogP contribution is 2.35. The minimum atomic E-state index is -0.320. The molecule has 0 fully saturated rings. The van der Waals surface area contributed by atoms with Gasteiger partial charge >= 0.3 is 0 Å². The summed E-state index contributed by atoms with van der Waals surface area (Å²) in [6, 6.07) is 11.2. The van der Waals surface area contributed by atoms with Gasteiger partial charge in [0.05, 0.1) is 5.69 Å². The zero-order chi connectivity index (χ0) is 20.5. The van der Waals surface area contributed by atoms with Crippen LogP contribution in [-0.2, 0) is 4.79 Å². The Hall–Kier alpha value is -3.28. The average Bonchev–Trinajstić information content (AvgIpc) is 3.03. The molecule has 1 aliphatic rings. The molecule has 0 saturated heterocycles. The van der Waals surface area contributed by atoms with Crippen molar-refractivity contribution in [3.05, 3.63) is 53.3 Å². The van der Waals surface area contributed by atoms with Crippen molar-refractivity contribution < 1.29 is 18.7 Å². The number of carbonyl (C=O) groups is 2. The molecule has 6 nitrogen and oxygen atoms in total. The normalized spacial score (nSPS) is 13.3. The third kappa shape index (κ3) is 3.58. The lowest BCUT2D eigenvalue weighted by atomic mass is 10.1. The van der Waals surface area contributed by atoms with Gasteiger partial charge in [-0.15, -0.1) is 0 Å². The second kappa shape index (κ2) is 7.62. The molecule has 2 heterocycles. The van der Waals surface area contributed by atoms with E-state index in [1.807, 2.05) is 32.0 Å². The molecule has 150 valence electrons. The van der Waals surface area contributed by atoms with E-state index >= 15 is 0 Å². The van der Waals surface area contributed by atoms with Gasteiger partial charge in [0.1, 0.15) is 11.3 Å². The first kappa shape index (κ1) is 19.1. The van der Waals surface area contributed by atoms with Crippen molar-refractivity contribution >= 4 is 34.2 Å².